The molecule has 22 heavy (non-hydrogen) atoms. The number of nitro groups is 1. The standard InChI is InChI=1S/C13H8ClF3N2O3/c14-9-5-7(13(15,16)17)1-4-12(9)22-8-2-3-10(18)11(6-8)19(20)21/h1-6H,18H2. The molecular weight excluding hydrogens is 325 g/mol. The molecule has 2 rings (SSSR count). The first-order valence-corrected chi connectivity index (χ1v) is 6.15. The average molecular weight is 333 g/mol. The van der Waals surface area contributed by atoms with Crippen LogP contribution in [0.1, 0.15) is 5.56 Å². The number of nitrogens with zero attached hydrogens (tertiary/aromatic N) is 1. The molecule has 0 radical (unpaired) electrons. The second kappa shape index (κ2) is 5.72. The van der Waals surface area contributed by atoms with Crippen LogP contribution >= 0.6 is 11.6 Å². The van der Waals surface area contributed by atoms with Crippen molar-refractivity contribution in [2.75, 3.05) is 5.73 Å². The molecule has 0 heterocycles. The first-order chi connectivity index (χ1) is 10.2. The van der Waals surface area contributed by atoms with Gasteiger partial charge >= 0.3 is 6.18 Å². The van der Waals surface area contributed by atoms with Crippen LogP contribution < -0.4 is 10.5 Å². The third-order valence-electron chi connectivity index (χ3n) is 2.69. The molecule has 0 bridgehead atoms. The Hall–Kier alpha value is -2.48. The van der Waals surface area contributed by atoms with Gasteiger partial charge in [-0.15, -0.1) is 0 Å². The fourth-order valence-electron chi connectivity index (χ4n) is 1.63. The lowest BCUT2D eigenvalue weighted by atomic mass is 10.2. The van der Waals surface area contributed by atoms with Gasteiger partial charge in [-0.3, -0.25) is 10.1 Å². The third-order valence-corrected chi connectivity index (χ3v) is 2.98. The molecule has 0 aliphatic carbocycles. The smallest absolute Gasteiger partial charge is 0.416 e. The number of anilines is 1. The number of hydrogen-bond acceptors (Lipinski definition) is 4. The van der Waals surface area contributed by atoms with Gasteiger partial charge in [0.15, 0.2) is 0 Å². The van der Waals surface area contributed by atoms with Crippen LogP contribution in [-0.2, 0) is 6.18 Å². The molecule has 116 valence electrons. The van der Waals surface area contributed by atoms with Crippen LogP contribution in [0.2, 0.25) is 5.02 Å². The summed E-state index contributed by atoms with van der Waals surface area (Å²) in [5.41, 5.74) is 4.08. The first-order valence-electron chi connectivity index (χ1n) is 5.77. The van der Waals surface area contributed by atoms with Crippen molar-refractivity contribution < 1.29 is 22.8 Å². The zero-order chi connectivity index (χ0) is 16.5. The topological polar surface area (TPSA) is 78.4 Å². The van der Waals surface area contributed by atoms with Gasteiger partial charge in [0.25, 0.3) is 5.69 Å². The van der Waals surface area contributed by atoms with Gasteiger partial charge in [0.05, 0.1) is 21.6 Å². The van der Waals surface area contributed by atoms with Gasteiger partial charge in [-0.25, -0.2) is 0 Å². The van der Waals surface area contributed by atoms with Crippen molar-refractivity contribution in [3.05, 3.63) is 57.1 Å². The highest BCUT2D eigenvalue weighted by Gasteiger charge is 2.31. The molecule has 0 aromatic heterocycles. The van der Waals surface area contributed by atoms with Gasteiger partial charge in [0.2, 0.25) is 0 Å². The Labute approximate surface area is 127 Å². The van der Waals surface area contributed by atoms with E-state index in [9.17, 15) is 23.3 Å². The maximum atomic E-state index is 12.5. The van der Waals surface area contributed by atoms with E-state index in [2.05, 4.69) is 0 Å². The van der Waals surface area contributed by atoms with Crippen molar-refractivity contribution in [2.45, 2.75) is 6.18 Å². The van der Waals surface area contributed by atoms with E-state index in [-0.39, 0.29) is 27.9 Å². The van der Waals surface area contributed by atoms with E-state index in [1.54, 1.807) is 0 Å². The van der Waals surface area contributed by atoms with Crippen molar-refractivity contribution in [1.29, 1.82) is 0 Å². The summed E-state index contributed by atoms with van der Waals surface area (Å²) in [6.45, 7) is 0. The van der Waals surface area contributed by atoms with Crippen LogP contribution in [0.3, 0.4) is 0 Å². The fraction of sp³-hybridized carbons (Fsp3) is 0.0769. The van der Waals surface area contributed by atoms with Crippen LogP contribution in [0.4, 0.5) is 24.5 Å². The molecule has 0 amide bonds. The second-order valence-electron chi connectivity index (χ2n) is 4.22. The summed E-state index contributed by atoms with van der Waals surface area (Å²) >= 11 is 5.74. The van der Waals surface area contributed by atoms with E-state index < -0.39 is 16.7 Å². The SMILES string of the molecule is Nc1ccc(Oc2ccc(C(F)(F)F)cc2Cl)cc1[N+](=O)[O-]. The number of nitrogen functional groups attached to an aromatic ring is 1. The summed E-state index contributed by atoms with van der Waals surface area (Å²) < 4.78 is 42.8. The molecule has 0 fully saturated rings. The normalized spacial score (nSPS) is 11.3. The predicted octanol–water partition coefficient (Wildman–Crippen LogP) is 4.64. The summed E-state index contributed by atoms with van der Waals surface area (Å²) in [6, 6.07) is 6.20. The Morgan fingerprint density at radius 3 is 2.41 bits per heavy atom. The summed E-state index contributed by atoms with van der Waals surface area (Å²) in [6.07, 6.45) is -4.53. The molecule has 0 spiro atoms. The largest absolute Gasteiger partial charge is 0.456 e. The first kappa shape index (κ1) is 15.9. The number of ether oxygens (including phenoxy) is 1. The molecule has 9 heteroatoms. The average Bonchev–Trinajstić information content (AvgIpc) is 2.41. The number of rotatable bonds is 3. The molecular formula is C13H8ClF3N2O3. The molecule has 0 aliphatic rings. The molecule has 2 N–H and O–H groups in total. The molecule has 2 aromatic rings. The molecule has 5 nitrogen and oxygen atoms in total. The van der Waals surface area contributed by atoms with Crippen molar-refractivity contribution in [1.82, 2.24) is 0 Å². The summed E-state index contributed by atoms with van der Waals surface area (Å²) in [5, 5.41) is 10.5. The van der Waals surface area contributed by atoms with Crippen LogP contribution in [-0.4, -0.2) is 4.92 Å². The van der Waals surface area contributed by atoms with Crippen molar-refractivity contribution >= 4 is 23.0 Å². The monoisotopic (exact) mass is 332 g/mol. The van der Waals surface area contributed by atoms with E-state index in [0.29, 0.717) is 6.07 Å². The lowest BCUT2D eigenvalue weighted by Gasteiger charge is -2.11. The van der Waals surface area contributed by atoms with Gasteiger partial charge in [-0.2, -0.15) is 13.2 Å². The molecule has 2 aromatic carbocycles. The highest BCUT2D eigenvalue weighted by Crippen LogP contribution is 2.37. The van der Waals surface area contributed by atoms with Gasteiger partial charge in [0.1, 0.15) is 17.2 Å². The number of nitro benzene ring substituents is 1. The van der Waals surface area contributed by atoms with E-state index in [4.69, 9.17) is 22.1 Å². The molecule has 0 saturated carbocycles. The highest BCUT2D eigenvalue weighted by molar-refractivity contribution is 6.32. The number of hydrogen-bond donors (Lipinski definition) is 1. The van der Waals surface area contributed by atoms with Gasteiger partial charge < -0.3 is 10.5 Å². The van der Waals surface area contributed by atoms with Crippen molar-refractivity contribution in [3.63, 3.8) is 0 Å². The Bertz CT molecular complexity index is 735. The van der Waals surface area contributed by atoms with Crippen LogP contribution in [0, 0.1) is 10.1 Å². The number of halogens is 4. The minimum Gasteiger partial charge on any atom is -0.456 e. The second-order valence-corrected chi connectivity index (χ2v) is 4.63. The summed E-state index contributed by atoms with van der Waals surface area (Å²) in [4.78, 5) is 10.1. The van der Waals surface area contributed by atoms with Gasteiger partial charge in [-0.1, -0.05) is 11.6 Å². The lowest BCUT2D eigenvalue weighted by molar-refractivity contribution is -0.384. The number of nitrogens with two attached hydrogens (primary N) is 1. The Morgan fingerprint density at radius 2 is 1.86 bits per heavy atom. The number of benzene rings is 2. The minimum atomic E-state index is -4.53. The van der Waals surface area contributed by atoms with Crippen LogP contribution in [0.25, 0.3) is 0 Å². The van der Waals surface area contributed by atoms with Crippen molar-refractivity contribution in [2.24, 2.45) is 0 Å². The molecule has 0 aliphatic heterocycles. The molecule has 0 unspecified atom stereocenters. The minimum absolute atomic E-state index is 0.0301. The lowest BCUT2D eigenvalue weighted by Crippen LogP contribution is -2.04. The number of alkyl halides is 3. The van der Waals surface area contributed by atoms with Gasteiger partial charge in [0, 0.05) is 0 Å². The Morgan fingerprint density at radius 1 is 1.18 bits per heavy atom. The summed E-state index contributed by atoms with van der Waals surface area (Å²) in [7, 11) is 0. The highest BCUT2D eigenvalue weighted by atomic mass is 35.5. The Balaban J connectivity index is 2.32. The van der Waals surface area contributed by atoms with E-state index in [0.717, 1.165) is 18.2 Å². The maximum Gasteiger partial charge on any atom is 0.416 e. The zero-order valence-corrected chi connectivity index (χ0v) is 11.5. The maximum absolute atomic E-state index is 12.5. The summed E-state index contributed by atoms with van der Waals surface area (Å²) in [5.74, 6) is -0.0312. The van der Waals surface area contributed by atoms with Gasteiger partial charge in [-0.05, 0) is 30.3 Å². The van der Waals surface area contributed by atoms with Crippen LogP contribution in [0.5, 0.6) is 11.5 Å². The van der Waals surface area contributed by atoms with E-state index in [1.807, 2.05) is 0 Å². The fourth-order valence-corrected chi connectivity index (χ4v) is 1.85. The quantitative estimate of drug-likeness (QED) is 0.504. The van der Waals surface area contributed by atoms with Crippen LogP contribution in [0.15, 0.2) is 36.4 Å². The van der Waals surface area contributed by atoms with E-state index in [1.165, 1.54) is 12.1 Å². The third kappa shape index (κ3) is 3.40. The molecule has 0 saturated heterocycles. The zero-order valence-electron chi connectivity index (χ0n) is 10.7. The van der Waals surface area contributed by atoms with Crippen molar-refractivity contribution in [3.8, 4) is 11.5 Å². The Kier molecular flexibility index (Phi) is 4.14. The predicted molar refractivity (Wildman–Crippen MR) is 74.0 cm³/mol. The van der Waals surface area contributed by atoms with E-state index >= 15 is 0 Å². The molecule has 0 atom stereocenters.